The molecule has 0 saturated carbocycles. The maximum absolute atomic E-state index is 11.4. The number of nitrogens with one attached hydrogen (secondary N) is 1. The summed E-state index contributed by atoms with van der Waals surface area (Å²) in [6.45, 7) is 2.92. The molecule has 0 bridgehead atoms. The Labute approximate surface area is 130 Å². The first-order valence-electron chi connectivity index (χ1n) is 6.62. The highest BCUT2D eigenvalue weighted by Crippen LogP contribution is 2.30. The van der Waals surface area contributed by atoms with Crippen LogP contribution in [0, 0.1) is 0 Å². The average Bonchev–Trinajstić information content (AvgIpc) is 2.38. The minimum absolute atomic E-state index is 0.0206. The highest BCUT2D eigenvalue weighted by Gasteiger charge is 2.17. The van der Waals surface area contributed by atoms with Gasteiger partial charge in [-0.3, -0.25) is 0 Å². The number of hydrogen-bond donors (Lipinski definition) is 1. The van der Waals surface area contributed by atoms with Crippen LogP contribution < -0.4 is 10.1 Å². The summed E-state index contributed by atoms with van der Waals surface area (Å²) < 4.78 is 29.1. The number of sulfone groups is 1. The molecule has 0 fully saturated rings. The SMILES string of the molecule is CCCNC(CCS(C)(=O)=O)c1ccc(Br)cc1OC. The lowest BCUT2D eigenvalue weighted by atomic mass is 10.0. The monoisotopic (exact) mass is 363 g/mol. The number of methoxy groups -OCH3 is 1. The number of ether oxygens (including phenoxy) is 1. The Morgan fingerprint density at radius 1 is 1.40 bits per heavy atom. The number of rotatable bonds is 8. The van der Waals surface area contributed by atoms with Crippen molar-refractivity contribution in [2.75, 3.05) is 25.7 Å². The first-order chi connectivity index (χ1) is 9.37. The predicted molar refractivity (Wildman–Crippen MR) is 86.1 cm³/mol. The first-order valence-corrected chi connectivity index (χ1v) is 9.47. The molecule has 0 radical (unpaired) electrons. The summed E-state index contributed by atoms with van der Waals surface area (Å²) in [6, 6.07) is 5.79. The zero-order chi connectivity index (χ0) is 15.2. The summed E-state index contributed by atoms with van der Waals surface area (Å²) in [5, 5.41) is 3.39. The largest absolute Gasteiger partial charge is 0.496 e. The van der Waals surface area contributed by atoms with E-state index in [1.807, 2.05) is 18.2 Å². The van der Waals surface area contributed by atoms with Gasteiger partial charge in [0, 0.05) is 22.3 Å². The van der Waals surface area contributed by atoms with Gasteiger partial charge in [-0.05, 0) is 31.5 Å². The first kappa shape index (κ1) is 17.5. The molecular formula is C14H22BrNO3S. The molecule has 0 amide bonds. The molecule has 1 aromatic rings. The van der Waals surface area contributed by atoms with E-state index in [9.17, 15) is 8.42 Å². The van der Waals surface area contributed by atoms with E-state index in [1.165, 1.54) is 6.26 Å². The summed E-state index contributed by atoms with van der Waals surface area (Å²) in [6.07, 6.45) is 2.80. The van der Waals surface area contributed by atoms with E-state index < -0.39 is 9.84 Å². The maximum Gasteiger partial charge on any atom is 0.147 e. The fourth-order valence-corrected chi connectivity index (χ4v) is 2.99. The van der Waals surface area contributed by atoms with Crippen molar-refractivity contribution in [1.82, 2.24) is 5.32 Å². The number of halogens is 1. The van der Waals surface area contributed by atoms with Gasteiger partial charge in [-0.1, -0.05) is 28.9 Å². The van der Waals surface area contributed by atoms with E-state index in [-0.39, 0.29) is 11.8 Å². The summed E-state index contributed by atoms with van der Waals surface area (Å²) in [7, 11) is -1.35. The molecular weight excluding hydrogens is 342 g/mol. The van der Waals surface area contributed by atoms with Gasteiger partial charge in [-0.2, -0.15) is 0 Å². The van der Waals surface area contributed by atoms with Crippen LogP contribution in [0.15, 0.2) is 22.7 Å². The summed E-state index contributed by atoms with van der Waals surface area (Å²) in [5.74, 6) is 0.926. The quantitative estimate of drug-likeness (QED) is 0.771. The molecule has 1 atom stereocenters. The molecule has 4 nitrogen and oxygen atoms in total. The standard InChI is InChI=1S/C14H22BrNO3S/c1-4-8-16-13(7-9-20(3,17)18)12-6-5-11(15)10-14(12)19-2/h5-6,10,13,16H,4,7-9H2,1-3H3. The van der Waals surface area contributed by atoms with Gasteiger partial charge in [0.15, 0.2) is 0 Å². The third kappa shape index (κ3) is 5.81. The van der Waals surface area contributed by atoms with Crippen LogP contribution in [-0.4, -0.2) is 34.1 Å². The van der Waals surface area contributed by atoms with Gasteiger partial charge in [-0.25, -0.2) is 8.42 Å². The molecule has 1 unspecified atom stereocenters. The van der Waals surface area contributed by atoms with Crippen molar-refractivity contribution in [3.8, 4) is 5.75 Å². The Hall–Kier alpha value is -0.590. The number of benzene rings is 1. The van der Waals surface area contributed by atoms with Crippen LogP contribution in [0.3, 0.4) is 0 Å². The fourth-order valence-electron chi connectivity index (χ4n) is 1.99. The fraction of sp³-hybridized carbons (Fsp3) is 0.571. The molecule has 20 heavy (non-hydrogen) atoms. The van der Waals surface area contributed by atoms with Crippen molar-refractivity contribution in [3.05, 3.63) is 28.2 Å². The molecule has 1 rings (SSSR count). The van der Waals surface area contributed by atoms with Gasteiger partial charge in [0.05, 0.1) is 12.9 Å². The van der Waals surface area contributed by atoms with E-state index in [4.69, 9.17) is 4.74 Å². The van der Waals surface area contributed by atoms with Crippen LogP contribution in [0.5, 0.6) is 5.75 Å². The zero-order valence-corrected chi connectivity index (χ0v) is 14.6. The molecule has 0 aromatic heterocycles. The van der Waals surface area contributed by atoms with E-state index in [0.29, 0.717) is 6.42 Å². The van der Waals surface area contributed by atoms with Crippen LogP contribution in [0.25, 0.3) is 0 Å². The molecule has 114 valence electrons. The van der Waals surface area contributed by atoms with Crippen molar-refractivity contribution in [2.45, 2.75) is 25.8 Å². The minimum Gasteiger partial charge on any atom is -0.496 e. The molecule has 6 heteroatoms. The van der Waals surface area contributed by atoms with Crippen molar-refractivity contribution >= 4 is 25.8 Å². The second-order valence-electron chi connectivity index (χ2n) is 4.81. The predicted octanol–water partition coefficient (Wildman–Crippen LogP) is 2.93. The topological polar surface area (TPSA) is 55.4 Å². The lowest BCUT2D eigenvalue weighted by Crippen LogP contribution is -2.25. The summed E-state index contributed by atoms with van der Waals surface area (Å²) >= 11 is 3.41. The molecule has 1 N–H and O–H groups in total. The van der Waals surface area contributed by atoms with Crippen LogP contribution in [0.4, 0.5) is 0 Å². The smallest absolute Gasteiger partial charge is 0.147 e. The van der Waals surface area contributed by atoms with Gasteiger partial charge in [-0.15, -0.1) is 0 Å². The van der Waals surface area contributed by atoms with E-state index in [1.54, 1.807) is 7.11 Å². The Bertz CT molecular complexity index is 531. The average molecular weight is 364 g/mol. The van der Waals surface area contributed by atoms with Gasteiger partial charge in [0.1, 0.15) is 15.6 Å². The number of hydrogen-bond acceptors (Lipinski definition) is 4. The van der Waals surface area contributed by atoms with E-state index >= 15 is 0 Å². The Balaban J connectivity index is 2.97. The van der Waals surface area contributed by atoms with Crippen LogP contribution in [0.2, 0.25) is 0 Å². The van der Waals surface area contributed by atoms with Gasteiger partial charge in [0.25, 0.3) is 0 Å². The third-order valence-electron chi connectivity index (χ3n) is 2.99. The molecule has 1 aromatic carbocycles. The van der Waals surface area contributed by atoms with E-state index in [2.05, 4.69) is 28.2 Å². The van der Waals surface area contributed by atoms with Gasteiger partial charge >= 0.3 is 0 Å². The van der Waals surface area contributed by atoms with Crippen LogP contribution in [0.1, 0.15) is 31.4 Å². The molecule has 0 aliphatic rings. The Kier molecular flexibility index (Phi) is 6.99. The second kappa shape index (κ2) is 8.00. The van der Waals surface area contributed by atoms with Crippen LogP contribution >= 0.6 is 15.9 Å². The molecule has 0 spiro atoms. The molecule has 0 aliphatic carbocycles. The molecule has 0 heterocycles. The normalized spacial score (nSPS) is 13.2. The molecule has 0 saturated heterocycles. The van der Waals surface area contributed by atoms with Crippen molar-refractivity contribution in [2.24, 2.45) is 0 Å². The summed E-state index contributed by atoms with van der Waals surface area (Å²) in [4.78, 5) is 0. The van der Waals surface area contributed by atoms with Gasteiger partial charge < -0.3 is 10.1 Å². The highest BCUT2D eigenvalue weighted by molar-refractivity contribution is 9.10. The van der Waals surface area contributed by atoms with Crippen LogP contribution in [-0.2, 0) is 9.84 Å². The third-order valence-corrected chi connectivity index (χ3v) is 4.46. The Morgan fingerprint density at radius 3 is 2.65 bits per heavy atom. The lowest BCUT2D eigenvalue weighted by molar-refractivity contribution is 0.396. The van der Waals surface area contributed by atoms with Crippen molar-refractivity contribution in [1.29, 1.82) is 0 Å². The minimum atomic E-state index is -2.97. The molecule has 0 aliphatic heterocycles. The van der Waals surface area contributed by atoms with E-state index in [0.717, 1.165) is 28.8 Å². The van der Waals surface area contributed by atoms with Crippen molar-refractivity contribution in [3.63, 3.8) is 0 Å². The summed E-state index contributed by atoms with van der Waals surface area (Å²) in [5.41, 5.74) is 0.993. The van der Waals surface area contributed by atoms with Crippen molar-refractivity contribution < 1.29 is 13.2 Å². The Morgan fingerprint density at radius 2 is 2.10 bits per heavy atom. The van der Waals surface area contributed by atoms with Gasteiger partial charge in [0.2, 0.25) is 0 Å². The zero-order valence-electron chi connectivity index (χ0n) is 12.1. The second-order valence-corrected chi connectivity index (χ2v) is 7.99. The lowest BCUT2D eigenvalue weighted by Gasteiger charge is -2.21. The maximum atomic E-state index is 11.4. The highest BCUT2D eigenvalue weighted by atomic mass is 79.9.